The maximum Gasteiger partial charge on any atom is 0.326 e. The first-order valence-electron chi connectivity index (χ1n) is 6.95. The predicted molar refractivity (Wildman–Crippen MR) is 76.7 cm³/mol. The zero-order valence-electron chi connectivity index (χ0n) is 12.1. The highest BCUT2D eigenvalue weighted by Gasteiger charge is 2.34. The number of benzene rings is 1. The molecule has 1 heterocycles. The number of hydrogen-bond acceptors (Lipinski definition) is 2. The van der Waals surface area contributed by atoms with Crippen LogP contribution in [-0.2, 0) is 4.79 Å². The number of likely N-dealkylation sites (tertiary alicyclic amines) is 1. The van der Waals surface area contributed by atoms with Crippen LogP contribution in [0.4, 0.5) is 14.9 Å². The van der Waals surface area contributed by atoms with Gasteiger partial charge < -0.3 is 15.3 Å². The quantitative estimate of drug-likeness (QED) is 0.881. The summed E-state index contributed by atoms with van der Waals surface area (Å²) in [6.07, 6.45) is 1.20. The smallest absolute Gasteiger partial charge is 0.326 e. The van der Waals surface area contributed by atoms with Crippen molar-refractivity contribution in [2.75, 3.05) is 11.9 Å². The maximum atomic E-state index is 13.5. The van der Waals surface area contributed by atoms with Gasteiger partial charge in [0.1, 0.15) is 11.9 Å². The molecule has 2 atom stereocenters. The molecule has 2 unspecified atom stereocenters. The van der Waals surface area contributed by atoms with Gasteiger partial charge in [-0.25, -0.2) is 14.0 Å². The average Bonchev–Trinajstić information content (AvgIpc) is 2.43. The van der Waals surface area contributed by atoms with Crippen LogP contribution in [0.3, 0.4) is 0 Å². The Kier molecular flexibility index (Phi) is 4.45. The number of carbonyl (C=O) groups excluding carboxylic acids is 1. The number of nitrogens with zero attached hydrogens (tertiary/aromatic N) is 1. The van der Waals surface area contributed by atoms with Crippen molar-refractivity contribution in [1.82, 2.24) is 4.90 Å². The van der Waals surface area contributed by atoms with Crippen LogP contribution < -0.4 is 5.32 Å². The molecule has 1 aliphatic heterocycles. The minimum Gasteiger partial charge on any atom is -0.480 e. The molecule has 0 aliphatic carbocycles. The largest absolute Gasteiger partial charge is 0.480 e. The summed E-state index contributed by atoms with van der Waals surface area (Å²) in [5, 5.41) is 11.9. The summed E-state index contributed by atoms with van der Waals surface area (Å²) >= 11 is 0. The van der Waals surface area contributed by atoms with Crippen LogP contribution >= 0.6 is 0 Å². The van der Waals surface area contributed by atoms with Gasteiger partial charge in [0.25, 0.3) is 0 Å². The number of carboxylic acid groups (broad SMARTS) is 1. The molecule has 1 aromatic rings. The number of amides is 2. The molecule has 1 aromatic carbocycles. The highest BCUT2D eigenvalue weighted by molar-refractivity contribution is 5.93. The third-order valence-electron chi connectivity index (χ3n) is 3.92. The van der Waals surface area contributed by atoms with Gasteiger partial charge in [-0.1, -0.05) is 13.0 Å². The molecule has 0 bridgehead atoms. The van der Waals surface area contributed by atoms with Crippen molar-refractivity contribution in [1.29, 1.82) is 0 Å². The van der Waals surface area contributed by atoms with E-state index in [0.29, 0.717) is 24.2 Å². The summed E-state index contributed by atoms with van der Waals surface area (Å²) in [4.78, 5) is 24.9. The van der Waals surface area contributed by atoms with E-state index in [-0.39, 0.29) is 5.92 Å². The Bertz CT molecular complexity index is 562. The lowest BCUT2D eigenvalue weighted by molar-refractivity contribution is -0.143. The third-order valence-corrected chi connectivity index (χ3v) is 3.92. The molecule has 2 N–H and O–H groups in total. The van der Waals surface area contributed by atoms with Gasteiger partial charge in [0.05, 0.1) is 0 Å². The molecule has 0 saturated carbocycles. The molecule has 0 radical (unpaired) electrons. The van der Waals surface area contributed by atoms with E-state index in [0.717, 1.165) is 6.42 Å². The Morgan fingerprint density at radius 3 is 2.81 bits per heavy atom. The molecule has 0 spiro atoms. The van der Waals surface area contributed by atoms with Gasteiger partial charge in [-0.05, 0) is 37.8 Å². The number of halogens is 1. The van der Waals surface area contributed by atoms with Gasteiger partial charge >= 0.3 is 12.0 Å². The standard InChI is InChI=1S/C15H19FN2O3/c1-9-6-7-18(13(8-9)14(19)20)15(21)17-12-5-3-4-11(16)10(12)2/h3-5,9,13H,6-8H2,1-2H3,(H,17,21)(H,19,20). The fourth-order valence-electron chi connectivity index (χ4n) is 2.55. The van der Waals surface area contributed by atoms with Crippen molar-refractivity contribution in [3.05, 3.63) is 29.6 Å². The lowest BCUT2D eigenvalue weighted by Crippen LogP contribution is -2.51. The average molecular weight is 294 g/mol. The molecular weight excluding hydrogens is 275 g/mol. The SMILES string of the molecule is Cc1c(F)cccc1NC(=O)N1CCC(C)CC1C(=O)O. The van der Waals surface area contributed by atoms with Crippen molar-refractivity contribution < 1.29 is 19.1 Å². The van der Waals surface area contributed by atoms with Crippen LogP contribution in [0.1, 0.15) is 25.3 Å². The lowest BCUT2D eigenvalue weighted by atomic mass is 9.93. The Morgan fingerprint density at radius 1 is 1.43 bits per heavy atom. The Morgan fingerprint density at radius 2 is 2.14 bits per heavy atom. The van der Waals surface area contributed by atoms with Crippen molar-refractivity contribution in [2.24, 2.45) is 5.92 Å². The number of carbonyl (C=O) groups is 2. The normalized spacial score (nSPS) is 22.0. The summed E-state index contributed by atoms with van der Waals surface area (Å²) in [5.74, 6) is -1.14. The fraction of sp³-hybridized carbons (Fsp3) is 0.467. The van der Waals surface area contributed by atoms with E-state index in [1.165, 1.54) is 17.0 Å². The van der Waals surface area contributed by atoms with Gasteiger partial charge in [0.2, 0.25) is 0 Å². The second-order valence-electron chi connectivity index (χ2n) is 5.52. The van der Waals surface area contributed by atoms with Crippen LogP contribution in [0.25, 0.3) is 0 Å². The molecule has 2 amide bonds. The molecule has 1 fully saturated rings. The van der Waals surface area contributed by atoms with Crippen molar-refractivity contribution in [2.45, 2.75) is 32.7 Å². The van der Waals surface area contributed by atoms with E-state index in [1.54, 1.807) is 13.0 Å². The molecule has 21 heavy (non-hydrogen) atoms. The molecule has 114 valence electrons. The monoisotopic (exact) mass is 294 g/mol. The molecule has 1 aliphatic rings. The Hall–Kier alpha value is -2.11. The first-order chi connectivity index (χ1) is 9.90. The number of nitrogens with one attached hydrogen (secondary N) is 1. The number of carboxylic acids is 1. The number of hydrogen-bond donors (Lipinski definition) is 2. The fourth-order valence-corrected chi connectivity index (χ4v) is 2.55. The molecule has 5 nitrogen and oxygen atoms in total. The van der Waals surface area contributed by atoms with E-state index in [2.05, 4.69) is 5.32 Å². The van der Waals surface area contributed by atoms with Crippen LogP contribution in [0.15, 0.2) is 18.2 Å². The summed E-state index contributed by atoms with van der Waals surface area (Å²) in [6, 6.07) is 3.09. The van der Waals surface area contributed by atoms with Gasteiger partial charge in [-0.3, -0.25) is 0 Å². The third kappa shape index (κ3) is 3.32. The second kappa shape index (κ2) is 6.11. The zero-order chi connectivity index (χ0) is 15.6. The minimum atomic E-state index is -1.01. The van der Waals surface area contributed by atoms with Crippen LogP contribution in [-0.4, -0.2) is 34.6 Å². The second-order valence-corrected chi connectivity index (χ2v) is 5.52. The highest BCUT2D eigenvalue weighted by Crippen LogP contribution is 2.24. The van der Waals surface area contributed by atoms with Gasteiger partial charge in [-0.15, -0.1) is 0 Å². The van der Waals surface area contributed by atoms with E-state index in [1.807, 2.05) is 6.92 Å². The maximum absolute atomic E-state index is 13.5. The number of aliphatic carboxylic acids is 1. The van der Waals surface area contributed by atoms with E-state index in [9.17, 15) is 19.1 Å². The predicted octanol–water partition coefficient (Wildman–Crippen LogP) is 2.85. The number of urea groups is 1. The van der Waals surface area contributed by atoms with Gasteiger partial charge in [0, 0.05) is 17.8 Å². The van der Waals surface area contributed by atoms with E-state index < -0.39 is 23.9 Å². The molecular formula is C15H19FN2O3. The van der Waals surface area contributed by atoms with Crippen molar-refractivity contribution in [3.8, 4) is 0 Å². The summed E-state index contributed by atoms with van der Waals surface area (Å²) in [6.45, 7) is 3.93. The highest BCUT2D eigenvalue weighted by atomic mass is 19.1. The first-order valence-corrected chi connectivity index (χ1v) is 6.95. The molecule has 6 heteroatoms. The summed E-state index contributed by atoms with van der Waals surface area (Å²) < 4.78 is 13.5. The van der Waals surface area contributed by atoms with Crippen molar-refractivity contribution >= 4 is 17.7 Å². The van der Waals surface area contributed by atoms with E-state index >= 15 is 0 Å². The summed E-state index contributed by atoms with van der Waals surface area (Å²) in [7, 11) is 0. The summed E-state index contributed by atoms with van der Waals surface area (Å²) in [5.41, 5.74) is 0.700. The number of piperidine rings is 1. The number of anilines is 1. The van der Waals surface area contributed by atoms with Crippen LogP contribution in [0.5, 0.6) is 0 Å². The number of rotatable bonds is 2. The molecule has 0 aromatic heterocycles. The van der Waals surface area contributed by atoms with Gasteiger partial charge in [-0.2, -0.15) is 0 Å². The Labute approximate surface area is 122 Å². The topological polar surface area (TPSA) is 69.6 Å². The van der Waals surface area contributed by atoms with Crippen LogP contribution in [0.2, 0.25) is 0 Å². The first kappa shape index (κ1) is 15.3. The molecule has 1 saturated heterocycles. The zero-order valence-corrected chi connectivity index (χ0v) is 12.1. The Balaban J connectivity index is 2.15. The lowest BCUT2D eigenvalue weighted by Gasteiger charge is -2.36. The van der Waals surface area contributed by atoms with Crippen LogP contribution in [0, 0.1) is 18.7 Å². The van der Waals surface area contributed by atoms with E-state index in [4.69, 9.17) is 0 Å². The van der Waals surface area contributed by atoms with Crippen molar-refractivity contribution in [3.63, 3.8) is 0 Å². The minimum absolute atomic E-state index is 0.269. The molecule has 2 rings (SSSR count). The van der Waals surface area contributed by atoms with Gasteiger partial charge in [0.15, 0.2) is 0 Å².